The Balaban J connectivity index is 1.35. The van der Waals surface area contributed by atoms with Crippen molar-refractivity contribution in [3.8, 4) is 39.9 Å². The first-order valence-electron chi connectivity index (χ1n) is 24.2. The molecule has 0 spiro atoms. The second-order valence-electron chi connectivity index (χ2n) is 19.9. The number of hydrogen-bond donors (Lipinski definition) is 0. The molecule has 0 aliphatic rings. The Morgan fingerprint density at radius 3 is 0.930 bits per heavy atom. The summed E-state index contributed by atoms with van der Waals surface area (Å²) in [5.74, 6) is 1.69. The van der Waals surface area contributed by atoms with E-state index in [-0.39, 0.29) is 10.8 Å². The number of aromatic nitrogens is 6. The van der Waals surface area contributed by atoms with Crippen LogP contribution in [-0.4, -0.2) is 29.5 Å². The van der Waals surface area contributed by atoms with Crippen LogP contribution in [0.1, 0.15) is 52.9 Å². The number of fused-ring (bicyclic) bond motifs is 3. The Hall–Kier alpha value is -8.75. The summed E-state index contributed by atoms with van der Waals surface area (Å²) in [5.41, 5.74) is 14.3. The molecular weight excluding hydrogens is 869 g/mol. The van der Waals surface area contributed by atoms with E-state index in [0.29, 0.717) is 17.5 Å². The molecule has 346 valence electrons. The van der Waals surface area contributed by atoms with Gasteiger partial charge in [0.2, 0.25) is 0 Å². The topological polar surface area (TPSA) is 75.9 Å². The van der Waals surface area contributed by atoms with E-state index in [9.17, 15) is 0 Å². The first kappa shape index (κ1) is 44.7. The highest BCUT2D eigenvalue weighted by molar-refractivity contribution is 6.08. The lowest BCUT2D eigenvalue weighted by Gasteiger charge is -2.34. The van der Waals surface area contributed by atoms with Crippen LogP contribution in [-0.2, 0) is 10.8 Å². The van der Waals surface area contributed by atoms with Gasteiger partial charge in [-0.1, -0.05) is 175 Å². The van der Waals surface area contributed by atoms with E-state index in [1.165, 1.54) is 0 Å². The summed E-state index contributed by atoms with van der Waals surface area (Å²) in [6.45, 7) is 13.3. The number of pyridine rings is 2. The number of nitrogens with zero attached hydrogens (tertiary/aromatic N) is 8. The molecule has 11 rings (SSSR count). The number of rotatable bonds is 10. The Bertz CT molecular complexity index is 3330. The summed E-state index contributed by atoms with van der Waals surface area (Å²) in [5, 5.41) is 0. The zero-order valence-corrected chi connectivity index (χ0v) is 40.9. The van der Waals surface area contributed by atoms with Gasteiger partial charge in [-0.2, -0.15) is 0 Å². The predicted molar refractivity (Wildman–Crippen MR) is 293 cm³/mol. The van der Waals surface area contributed by atoms with Gasteiger partial charge in [0.1, 0.15) is 11.0 Å². The molecule has 0 unspecified atom stereocenters. The molecule has 8 nitrogen and oxygen atoms in total. The third-order valence-electron chi connectivity index (χ3n) is 12.8. The second kappa shape index (κ2) is 18.3. The van der Waals surface area contributed by atoms with Crippen LogP contribution in [0, 0.1) is 0 Å². The average molecular weight is 923 g/mol. The fraction of sp³-hybridized carbons (Fsp3) is 0.127. The van der Waals surface area contributed by atoms with E-state index >= 15 is 0 Å². The maximum Gasteiger partial charge on any atom is 0.164 e. The van der Waals surface area contributed by atoms with Crippen molar-refractivity contribution in [2.75, 3.05) is 9.80 Å². The van der Waals surface area contributed by atoms with Crippen LogP contribution >= 0.6 is 0 Å². The van der Waals surface area contributed by atoms with Crippen LogP contribution in [0.2, 0.25) is 0 Å². The Kier molecular flexibility index (Phi) is 11.5. The van der Waals surface area contributed by atoms with Crippen LogP contribution in [0.4, 0.5) is 34.1 Å². The summed E-state index contributed by atoms with van der Waals surface area (Å²) in [6.07, 6.45) is 0. The van der Waals surface area contributed by atoms with Gasteiger partial charge < -0.3 is 14.4 Å². The predicted octanol–water partition coefficient (Wildman–Crippen LogP) is 16.3. The molecule has 0 N–H and O–H groups in total. The van der Waals surface area contributed by atoms with Gasteiger partial charge in [0.05, 0.1) is 28.1 Å². The molecule has 4 heterocycles. The van der Waals surface area contributed by atoms with Gasteiger partial charge in [-0.25, -0.2) is 24.9 Å². The number of para-hydroxylation sites is 4. The van der Waals surface area contributed by atoms with Crippen molar-refractivity contribution in [1.82, 2.24) is 29.5 Å². The van der Waals surface area contributed by atoms with E-state index < -0.39 is 0 Å². The minimum Gasteiger partial charge on any atom is -0.308 e. The van der Waals surface area contributed by atoms with Crippen LogP contribution in [0.5, 0.6) is 0 Å². The van der Waals surface area contributed by atoms with Gasteiger partial charge in [0.15, 0.2) is 17.5 Å². The van der Waals surface area contributed by atoms with Gasteiger partial charge in [-0.05, 0) is 84.9 Å². The molecule has 0 atom stereocenters. The summed E-state index contributed by atoms with van der Waals surface area (Å²) in [6, 6.07) is 75.9. The van der Waals surface area contributed by atoms with Crippen LogP contribution in [0.3, 0.4) is 0 Å². The van der Waals surface area contributed by atoms with Gasteiger partial charge in [0, 0.05) is 61.7 Å². The van der Waals surface area contributed by atoms with Crippen molar-refractivity contribution in [3.63, 3.8) is 0 Å². The molecule has 7 aromatic carbocycles. The van der Waals surface area contributed by atoms with E-state index in [2.05, 4.69) is 214 Å². The van der Waals surface area contributed by atoms with E-state index in [1.807, 2.05) is 60.7 Å². The molecule has 0 saturated carbocycles. The smallest absolute Gasteiger partial charge is 0.164 e. The monoisotopic (exact) mass is 922 g/mol. The maximum atomic E-state index is 5.53. The molecule has 0 aliphatic carbocycles. The first-order chi connectivity index (χ1) is 34.5. The Morgan fingerprint density at radius 1 is 0.324 bits per heavy atom. The van der Waals surface area contributed by atoms with Crippen molar-refractivity contribution in [1.29, 1.82) is 0 Å². The Morgan fingerprint density at radius 2 is 0.620 bits per heavy atom. The molecular formula is C63H54N8. The molecule has 8 heteroatoms. The lowest BCUT2D eigenvalue weighted by atomic mass is 9.91. The summed E-state index contributed by atoms with van der Waals surface area (Å²) in [7, 11) is 0. The van der Waals surface area contributed by atoms with Crippen molar-refractivity contribution in [2.24, 2.45) is 0 Å². The SMILES string of the molecule is CC(C)(C)c1ccc2c(n1)c1nc(C(C)(C)C)ccc1n2-c1c(N(c2ccccc2)c2ccccc2)cc(-c2nc(-c3ccccc3)nc(-c3ccccc3)n2)cc1N(c1ccccc1)c1ccccc1. The molecule has 11 aromatic rings. The second-order valence-corrected chi connectivity index (χ2v) is 19.9. The van der Waals surface area contributed by atoms with Crippen LogP contribution < -0.4 is 9.80 Å². The van der Waals surface area contributed by atoms with Crippen LogP contribution in [0.15, 0.2) is 218 Å². The van der Waals surface area contributed by atoms with Gasteiger partial charge >= 0.3 is 0 Å². The minimum atomic E-state index is -0.210. The average Bonchev–Trinajstić information content (AvgIpc) is 3.72. The molecule has 0 aliphatic heterocycles. The van der Waals surface area contributed by atoms with Gasteiger partial charge in [-0.15, -0.1) is 0 Å². The third-order valence-corrected chi connectivity index (χ3v) is 12.8. The molecule has 0 saturated heterocycles. The summed E-state index contributed by atoms with van der Waals surface area (Å²) >= 11 is 0. The fourth-order valence-electron chi connectivity index (χ4n) is 9.22. The maximum absolute atomic E-state index is 5.53. The molecule has 0 amide bonds. The third kappa shape index (κ3) is 8.70. The molecule has 0 fully saturated rings. The fourth-order valence-corrected chi connectivity index (χ4v) is 9.22. The lowest BCUT2D eigenvalue weighted by molar-refractivity contribution is 0.570. The summed E-state index contributed by atoms with van der Waals surface area (Å²) in [4.78, 5) is 31.6. The van der Waals surface area contributed by atoms with E-state index in [1.54, 1.807) is 0 Å². The first-order valence-corrected chi connectivity index (χ1v) is 24.2. The zero-order chi connectivity index (χ0) is 48.7. The number of hydrogen-bond acceptors (Lipinski definition) is 7. The highest BCUT2D eigenvalue weighted by Gasteiger charge is 2.31. The minimum absolute atomic E-state index is 0.210. The normalized spacial score (nSPS) is 11.8. The molecule has 0 bridgehead atoms. The van der Waals surface area contributed by atoms with Gasteiger partial charge in [0.25, 0.3) is 0 Å². The van der Waals surface area contributed by atoms with Crippen molar-refractivity contribution in [2.45, 2.75) is 52.4 Å². The van der Waals surface area contributed by atoms with Crippen molar-refractivity contribution in [3.05, 3.63) is 230 Å². The zero-order valence-electron chi connectivity index (χ0n) is 40.9. The van der Waals surface area contributed by atoms with Gasteiger partial charge in [-0.3, -0.25) is 0 Å². The lowest BCUT2D eigenvalue weighted by Crippen LogP contribution is -2.18. The number of benzene rings is 7. The van der Waals surface area contributed by atoms with Crippen molar-refractivity contribution < 1.29 is 0 Å². The largest absolute Gasteiger partial charge is 0.308 e. The standard InChI is InChI=1S/C63H54N8/c1-62(2,3)54-39-37-50-56(64-54)57-51(38-40-55(65-57)63(4,5)6)71(50)58-52(69(46-29-17-9-18-30-46)47-31-19-10-20-32-47)41-45(42-53(58)70(48-33-21-11-22-34-48)49-35-23-12-24-36-49)61-67-59(43-25-13-7-14-26-43)66-60(68-61)44-27-15-8-16-28-44/h7-42H,1-6H3. The Labute approximate surface area is 415 Å². The van der Waals surface area contributed by atoms with Crippen LogP contribution in [0.25, 0.3) is 61.9 Å². The van der Waals surface area contributed by atoms with E-state index in [4.69, 9.17) is 24.9 Å². The highest BCUT2D eigenvalue weighted by Crippen LogP contribution is 2.50. The van der Waals surface area contributed by atoms with Crippen molar-refractivity contribution >= 4 is 56.2 Å². The molecule has 4 aromatic heterocycles. The molecule has 0 radical (unpaired) electrons. The molecule has 71 heavy (non-hydrogen) atoms. The number of anilines is 6. The van der Waals surface area contributed by atoms with E-state index in [0.717, 1.165) is 90.0 Å². The summed E-state index contributed by atoms with van der Waals surface area (Å²) < 4.78 is 2.38. The quantitative estimate of drug-likeness (QED) is 0.135. The highest BCUT2D eigenvalue weighted by atomic mass is 15.2.